The summed E-state index contributed by atoms with van der Waals surface area (Å²) in [5.41, 5.74) is 0.883. The highest BCUT2D eigenvalue weighted by molar-refractivity contribution is 8.00. The summed E-state index contributed by atoms with van der Waals surface area (Å²) in [6, 6.07) is 20.0. The lowest BCUT2D eigenvalue weighted by Gasteiger charge is -2.09. The highest BCUT2D eigenvalue weighted by Gasteiger charge is 2.29. The monoisotopic (exact) mass is 498 g/mol. The molecule has 1 aromatic heterocycles. The van der Waals surface area contributed by atoms with Gasteiger partial charge in [-0.15, -0.1) is 0 Å². The second-order valence-electron chi connectivity index (χ2n) is 6.97. The highest BCUT2D eigenvalue weighted by Crippen LogP contribution is 2.35. The first-order chi connectivity index (χ1) is 16.4. The Kier molecular flexibility index (Phi) is 6.99. The number of carbonyl (C=O) groups excluding carboxylic acids is 1. The molecule has 0 aliphatic heterocycles. The number of halogens is 1. The molecule has 0 atom stereocenters. The third kappa shape index (κ3) is 5.13. The molecule has 1 heterocycles. The van der Waals surface area contributed by atoms with Gasteiger partial charge in [0.25, 0.3) is 0 Å². The van der Waals surface area contributed by atoms with E-state index in [1.54, 1.807) is 42.5 Å². The van der Waals surface area contributed by atoms with Crippen molar-refractivity contribution in [1.82, 2.24) is 4.98 Å². The number of hydrogen-bond donors (Lipinski definition) is 1. The SMILES string of the molecule is COc1ccccc1NC(=O)CSc1oc(-c2ccc(F)cc2)nc1S(=O)(=O)c1ccccc1. The quantitative estimate of drug-likeness (QED) is 0.339. The number of amides is 1. The first-order valence-electron chi connectivity index (χ1n) is 10.0. The van der Waals surface area contributed by atoms with Gasteiger partial charge in [0.2, 0.25) is 31.8 Å². The number of benzene rings is 3. The molecule has 7 nitrogen and oxygen atoms in total. The third-order valence-electron chi connectivity index (χ3n) is 4.68. The van der Waals surface area contributed by atoms with Crippen LogP contribution in [0.1, 0.15) is 0 Å². The maximum Gasteiger partial charge on any atom is 0.234 e. The van der Waals surface area contributed by atoms with Crippen molar-refractivity contribution >= 4 is 33.2 Å². The van der Waals surface area contributed by atoms with E-state index >= 15 is 0 Å². The van der Waals surface area contributed by atoms with E-state index in [9.17, 15) is 17.6 Å². The van der Waals surface area contributed by atoms with Gasteiger partial charge in [-0.2, -0.15) is 4.98 Å². The van der Waals surface area contributed by atoms with Gasteiger partial charge in [0.15, 0.2) is 0 Å². The van der Waals surface area contributed by atoms with Crippen LogP contribution in [0.5, 0.6) is 5.75 Å². The van der Waals surface area contributed by atoms with E-state index in [0.717, 1.165) is 11.8 Å². The minimum atomic E-state index is -4.03. The van der Waals surface area contributed by atoms with Gasteiger partial charge in [-0.3, -0.25) is 4.79 Å². The van der Waals surface area contributed by atoms with Crippen molar-refractivity contribution < 1.29 is 26.8 Å². The Balaban J connectivity index is 1.64. The van der Waals surface area contributed by atoms with Gasteiger partial charge < -0.3 is 14.5 Å². The Hall–Kier alpha value is -3.63. The molecule has 0 aliphatic carbocycles. The number of methoxy groups -OCH3 is 1. The van der Waals surface area contributed by atoms with Crippen LogP contribution in [0.4, 0.5) is 10.1 Å². The number of nitrogens with one attached hydrogen (secondary N) is 1. The molecule has 4 aromatic rings. The van der Waals surface area contributed by atoms with Gasteiger partial charge in [0.05, 0.1) is 23.4 Å². The Labute approximate surface area is 199 Å². The van der Waals surface area contributed by atoms with Crippen LogP contribution < -0.4 is 10.1 Å². The number of nitrogens with zero attached hydrogens (tertiary/aromatic N) is 1. The summed E-state index contributed by atoms with van der Waals surface area (Å²) in [6.45, 7) is 0. The average molecular weight is 499 g/mol. The van der Waals surface area contributed by atoms with Crippen LogP contribution in [0, 0.1) is 5.82 Å². The first-order valence-corrected chi connectivity index (χ1v) is 12.5. The van der Waals surface area contributed by atoms with Gasteiger partial charge >= 0.3 is 0 Å². The fourth-order valence-electron chi connectivity index (χ4n) is 3.05. The van der Waals surface area contributed by atoms with E-state index in [-0.39, 0.29) is 26.7 Å². The smallest absolute Gasteiger partial charge is 0.234 e. The number of sulfone groups is 1. The van der Waals surface area contributed by atoms with Crippen LogP contribution >= 0.6 is 11.8 Å². The largest absolute Gasteiger partial charge is 0.495 e. The summed E-state index contributed by atoms with van der Waals surface area (Å²) in [4.78, 5) is 16.8. The molecule has 0 radical (unpaired) electrons. The molecule has 34 heavy (non-hydrogen) atoms. The number of para-hydroxylation sites is 2. The number of carbonyl (C=O) groups is 1. The molecule has 0 saturated heterocycles. The molecule has 3 aromatic carbocycles. The van der Waals surface area contributed by atoms with Crippen molar-refractivity contribution in [2.24, 2.45) is 0 Å². The average Bonchev–Trinajstić information content (AvgIpc) is 3.29. The molecule has 174 valence electrons. The molecule has 0 unspecified atom stereocenters. The topological polar surface area (TPSA) is 98.5 Å². The van der Waals surface area contributed by atoms with E-state index in [0.29, 0.717) is 17.0 Å². The molecule has 1 N–H and O–H groups in total. The predicted molar refractivity (Wildman–Crippen MR) is 126 cm³/mol. The summed E-state index contributed by atoms with van der Waals surface area (Å²) in [7, 11) is -2.54. The van der Waals surface area contributed by atoms with Gasteiger partial charge in [0.1, 0.15) is 11.6 Å². The Morgan fingerprint density at radius 3 is 2.41 bits per heavy atom. The maximum absolute atomic E-state index is 13.3. The van der Waals surface area contributed by atoms with Crippen molar-refractivity contribution in [2.45, 2.75) is 15.0 Å². The Morgan fingerprint density at radius 2 is 1.71 bits per heavy atom. The summed E-state index contributed by atoms with van der Waals surface area (Å²) in [5.74, 6) is -0.492. The zero-order valence-corrected chi connectivity index (χ0v) is 19.5. The number of anilines is 1. The summed E-state index contributed by atoms with van der Waals surface area (Å²) in [5, 5.41) is 2.37. The Morgan fingerprint density at radius 1 is 1.03 bits per heavy atom. The molecule has 0 spiro atoms. The number of oxazole rings is 1. The minimum absolute atomic E-state index is 0.00198. The summed E-state index contributed by atoms with van der Waals surface area (Å²) >= 11 is 0.893. The van der Waals surface area contributed by atoms with Crippen LogP contribution in [0.15, 0.2) is 98.3 Å². The molecule has 4 rings (SSSR count). The van der Waals surface area contributed by atoms with Gasteiger partial charge in [-0.1, -0.05) is 42.1 Å². The molecule has 0 aliphatic rings. The lowest BCUT2D eigenvalue weighted by Crippen LogP contribution is -2.15. The lowest BCUT2D eigenvalue weighted by molar-refractivity contribution is -0.113. The molecule has 0 fully saturated rings. The van der Waals surface area contributed by atoms with Crippen LogP contribution in [-0.4, -0.2) is 32.2 Å². The molecule has 0 bridgehead atoms. The van der Waals surface area contributed by atoms with Crippen molar-refractivity contribution in [3.63, 3.8) is 0 Å². The third-order valence-corrected chi connectivity index (χ3v) is 7.43. The second-order valence-corrected chi connectivity index (χ2v) is 9.79. The first kappa shape index (κ1) is 23.5. The van der Waals surface area contributed by atoms with Crippen molar-refractivity contribution in [3.8, 4) is 17.2 Å². The van der Waals surface area contributed by atoms with E-state index in [1.807, 2.05) is 0 Å². The number of thioether (sulfide) groups is 1. The van der Waals surface area contributed by atoms with E-state index < -0.39 is 21.6 Å². The fraction of sp³-hybridized carbons (Fsp3) is 0.0833. The predicted octanol–water partition coefficient (Wildman–Crippen LogP) is 5.05. The molecular weight excluding hydrogens is 479 g/mol. The maximum atomic E-state index is 13.3. The number of ether oxygens (including phenoxy) is 1. The van der Waals surface area contributed by atoms with Crippen molar-refractivity contribution in [2.75, 3.05) is 18.2 Å². The molecule has 1 amide bonds. The van der Waals surface area contributed by atoms with Crippen LogP contribution in [0.2, 0.25) is 0 Å². The van der Waals surface area contributed by atoms with Crippen LogP contribution in [0.3, 0.4) is 0 Å². The fourth-order valence-corrected chi connectivity index (χ4v) is 5.40. The summed E-state index contributed by atoms with van der Waals surface area (Å²) in [6.07, 6.45) is 0. The molecule has 0 saturated carbocycles. The molecule has 10 heteroatoms. The standard InChI is InChI=1S/C24H19FN2O5S2/c1-31-20-10-6-5-9-19(20)26-21(28)15-33-24-23(34(29,30)18-7-3-2-4-8-18)27-22(32-24)16-11-13-17(25)14-12-16/h2-14H,15H2,1H3,(H,26,28). The van der Waals surface area contributed by atoms with E-state index in [1.165, 1.54) is 43.5 Å². The van der Waals surface area contributed by atoms with Crippen molar-refractivity contribution in [1.29, 1.82) is 0 Å². The van der Waals surface area contributed by atoms with Crippen LogP contribution in [0.25, 0.3) is 11.5 Å². The van der Waals surface area contributed by atoms with Gasteiger partial charge in [-0.05, 0) is 48.5 Å². The highest BCUT2D eigenvalue weighted by atomic mass is 32.2. The zero-order valence-electron chi connectivity index (χ0n) is 17.9. The molecular formula is C24H19FN2O5S2. The van der Waals surface area contributed by atoms with Gasteiger partial charge in [0, 0.05) is 5.56 Å². The number of aromatic nitrogens is 1. The minimum Gasteiger partial charge on any atom is -0.495 e. The number of hydrogen-bond acceptors (Lipinski definition) is 7. The second kappa shape index (κ2) is 10.1. The lowest BCUT2D eigenvalue weighted by atomic mass is 10.2. The van der Waals surface area contributed by atoms with Crippen LogP contribution in [-0.2, 0) is 14.6 Å². The Bertz CT molecular complexity index is 1410. The zero-order chi connectivity index (χ0) is 24.1. The van der Waals surface area contributed by atoms with Crippen molar-refractivity contribution in [3.05, 3.63) is 84.7 Å². The number of rotatable bonds is 8. The van der Waals surface area contributed by atoms with E-state index in [4.69, 9.17) is 9.15 Å². The summed E-state index contributed by atoms with van der Waals surface area (Å²) < 4.78 is 50.8. The van der Waals surface area contributed by atoms with Gasteiger partial charge in [-0.25, -0.2) is 12.8 Å². The normalized spacial score (nSPS) is 11.2. The van der Waals surface area contributed by atoms with E-state index in [2.05, 4.69) is 10.3 Å².